The lowest BCUT2D eigenvalue weighted by molar-refractivity contribution is -0.119. The van der Waals surface area contributed by atoms with Gasteiger partial charge in [0.2, 0.25) is 5.91 Å². The standard InChI is InChI=1S/C19H20BrN3O4/c1-3-26-17-9-14(11-21-23-13(2)24)16(20)10-18(17)27-12-19(25)22-15-7-5-4-6-8-15/h4-11H,3,12H2,1-2H3,(H,22,25)(H,23,24)/b21-11-. The van der Waals surface area contributed by atoms with Gasteiger partial charge in [-0.25, -0.2) is 5.43 Å². The minimum atomic E-state index is -0.281. The molecule has 0 aliphatic carbocycles. The van der Waals surface area contributed by atoms with E-state index in [0.29, 0.717) is 33.8 Å². The Morgan fingerprint density at radius 2 is 1.85 bits per heavy atom. The number of halogens is 1. The normalized spacial score (nSPS) is 10.5. The van der Waals surface area contributed by atoms with Crippen LogP contribution in [-0.4, -0.2) is 31.2 Å². The van der Waals surface area contributed by atoms with Crippen LogP contribution in [0, 0.1) is 0 Å². The highest BCUT2D eigenvalue weighted by Crippen LogP contribution is 2.33. The molecule has 0 saturated carbocycles. The first-order valence-electron chi connectivity index (χ1n) is 8.23. The number of hydrazone groups is 1. The van der Waals surface area contributed by atoms with E-state index >= 15 is 0 Å². The molecule has 0 heterocycles. The zero-order valence-corrected chi connectivity index (χ0v) is 16.6. The molecule has 0 bridgehead atoms. The van der Waals surface area contributed by atoms with Crippen LogP contribution in [0.25, 0.3) is 0 Å². The van der Waals surface area contributed by atoms with Crippen LogP contribution in [-0.2, 0) is 9.59 Å². The maximum atomic E-state index is 12.1. The number of hydrogen-bond acceptors (Lipinski definition) is 5. The highest BCUT2D eigenvalue weighted by Gasteiger charge is 2.12. The van der Waals surface area contributed by atoms with Crippen molar-refractivity contribution >= 4 is 39.6 Å². The molecule has 2 rings (SSSR count). The summed E-state index contributed by atoms with van der Waals surface area (Å²) in [7, 11) is 0. The second-order valence-corrected chi connectivity index (χ2v) is 6.24. The molecule has 0 aromatic heterocycles. The Morgan fingerprint density at radius 3 is 2.52 bits per heavy atom. The number of hydrogen-bond donors (Lipinski definition) is 2. The summed E-state index contributed by atoms with van der Waals surface area (Å²) in [6, 6.07) is 12.5. The Hall–Kier alpha value is -2.87. The fraction of sp³-hybridized carbons (Fsp3) is 0.211. The summed E-state index contributed by atoms with van der Waals surface area (Å²) < 4.78 is 11.9. The van der Waals surface area contributed by atoms with Crippen molar-refractivity contribution in [2.75, 3.05) is 18.5 Å². The SMILES string of the molecule is CCOc1cc(/C=N\NC(C)=O)c(Br)cc1OCC(=O)Nc1ccccc1. The van der Waals surface area contributed by atoms with Crippen molar-refractivity contribution in [1.82, 2.24) is 5.43 Å². The number of para-hydroxylation sites is 1. The smallest absolute Gasteiger partial charge is 0.262 e. The van der Waals surface area contributed by atoms with Crippen LogP contribution in [0.4, 0.5) is 5.69 Å². The van der Waals surface area contributed by atoms with E-state index in [2.05, 4.69) is 31.8 Å². The molecule has 0 radical (unpaired) electrons. The summed E-state index contributed by atoms with van der Waals surface area (Å²) in [5.74, 6) is 0.342. The largest absolute Gasteiger partial charge is 0.490 e. The van der Waals surface area contributed by atoms with Gasteiger partial charge >= 0.3 is 0 Å². The molecular weight excluding hydrogens is 414 g/mol. The lowest BCUT2D eigenvalue weighted by Crippen LogP contribution is -2.20. The van der Waals surface area contributed by atoms with Gasteiger partial charge in [-0.15, -0.1) is 0 Å². The second kappa shape index (κ2) is 10.3. The number of carbonyl (C=O) groups excluding carboxylic acids is 2. The molecule has 7 nitrogen and oxygen atoms in total. The van der Waals surface area contributed by atoms with E-state index in [-0.39, 0.29) is 18.4 Å². The van der Waals surface area contributed by atoms with Crippen LogP contribution < -0.4 is 20.2 Å². The van der Waals surface area contributed by atoms with E-state index < -0.39 is 0 Å². The predicted octanol–water partition coefficient (Wildman–Crippen LogP) is 3.34. The fourth-order valence-electron chi connectivity index (χ4n) is 2.09. The number of nitrogens with zero attached hydrogens (tertiary/aromatic N) is 1. The molecule has 27 heavy (non-hydrogen) atoms. The van der Waals surface area contributed by atoms with Gasteiger partial charge in [0, 0.05) is 22.6 Å². The molecule has 142 valence electrons. The van der Waals surface area contributed by atoms with E-state index in [1.807, 2.05) is 25.1 Å². The van der Waals surface area contributed by atoms with Crippen molar-refractivity contribution < 1.29 is 19.1 Å². The van der Waals surface area contributed by atoms with Gasteiger partial charge in [0.25, 0.3) is 5.91 Å². The summed E-state index contributed by atoms with van der Waals surface area (Å²) in [6.07, 6.45) is 1.49. The third-order valence-electron chi connectivity index (χ3n) is 3.20. The summed E-state index contributed by atoms with van der Waals surface area (Å²) in [4.78, 5) is 23.0. The van der Waals surface area contributed by atoms with E-state index in [0.717, 1.165) is 0 Å². The van der Waals surface area contributed by atoms with Crippen LogP contribution in [0.1, 0.15) is 19.4 Å². The van der Waals surface area contributed by atoms with E-state index in [4.69, 9.17) is 9.47 Å². The number of benzene rings is 2. The molecule has 2 N–H and O–H groups in total. The van der Waals surface area contributed by atoms with Crippen LogP contribution >= 0.6 is 15.9 Å². The summed E-state index contributed by atoms with van der Waals surface area (Å²) in [5, 5.41) is 6.59. The molecule has 2 amide bonds. The lowest BCUT2D eigenvalue weighted by Gasteiger charge is -2.14. The average Bonchev–Trinajstić information content (AvgIpc) is 2.63. The highest BCUT2D eigenvalue weighted by atomic mass is 79.9. The Balaban J connectivity index is 2.08. The number of anilines is 1. The molecule has 0 atom stereocenters. The van der Waals surface area contributed by atoms with Crippen molar-refractivity contribution in [2.45, 2.75) is 13.8 Å². The van der Waals surface area contributed by atoms with E-state index in [1.165, 1.54) is 13.1 Å². The first-order chi connectivity index (χ1) is 13.0. The van der Waals surface area contributed by atoms with Gasteiger partial charge in [-0.2, -0.15) is 5.10 Å². The maximum Gasteiger partial charge on any atom is 0.262 e. The molecule has 0 saturated heterocycles. The van der Waals surface area contributed by atoms with Crippen molar-refractivity contribution in [3.63, 3.8) is 0 Å². The number of ether oxygens (including phenoxy) is 2. The maximum absolute atomic E-state index is 12.1. The number of nitrogens with one attached hydrogen (secondary N) is 2. The van der Waals surface area contributed by atoms with Gasteiger partial charge in [-0.05, 0) is 47.1 Å². The van der Waals surface area contributed by atoms with Gasteiger partial charge in [0.1, 0.15) is 0 Å². The molecule has 0 spiro atoms. The predicted molar refractivity (Wildman–Crippen MR) is 107 cm³/mol. The van der Waals surface area contributed by atoms with E-state index in [1.54, 1.807) is 24.3 Å². The molecule has 2 aromatic rings. The van der Waals surface area contributed by atoms with Gasteiger partial charge in [0.15, 0.2) is 18.1 Å². The topological polar surface area (TPSA) is 89.0 Å². The molecular formula is C19H20BrN3O4. The van der Waals surface area contributed by atoms with Gasteiger partial charge in [-0.1, -0.05) is 18.2 Å². The van der Waals surface area contributed by atoms with Crippen LogP contribution in [0.5, 0.6) is 11.5 Å². The quantitative estimate of drug-likeness (QED) is 0.493. The van der Waals surface area contributed by atoms with Gasteiger partial charge < -0.3 is 14.8 Å². The molecule has 0 fully saturated rings. The zero-order valence-electron chi connectivity index (χ0n) is 15.0. The monoisotopic (exact) mass is 433 g/mol. The Bertz CT molecular complexity index is 825. The molecule has 0 aliphatic rings. The Kier molecular flexibility index (Phi) is 7.81. The fourth-order valence-corrected chi connectivity index (χ4v) is 2.51. The number of rotatable bonds is 8. The summed E-state index contributed by atoms with van der Waals surface area (Å²) >= 11 is 3.42. The van der Waals surface area contributed by atoms with Gasteiger partial charge in [-0.3, -0.25) is 9.59 Å². The summed E-state index contributed by atoms with van der Waals surface area (Å²) in [5.41, 5.74) is 3.72. The first-order valence-corrected chi connectivity index (χ1v) is 9.02. The van der Waals surface area contributed by atoms with Crippen LogP contribution in [0.3, 0.4) is 0 Å². The molecule has 0 aliphatic heterocycles. The first kappa shape index (κ1) is 20.4. The average molecular weight is 434 g/mol. The molecule has 2 aromatic carbocycles. The van der Waals surface area contributed by atoms with Crippen molar-refractivity contribution in [1.29, 1.82) is 0 Å². The van der Waals surface area contributed by atoms with E-state index in [9.17, 15) is 9.59 Å². The Labute approximate surface area is 165 Å². The van der Waals surface area contributed by atoms with Crippen molar-refractivity contribution in [2.24, 2.45) is 5.10 Å². The van der Waals surface area contributed by atoms with Crippen LogP contribution in [0.15, 0.2) is 52.0 Å². The number of amides is 2. The zero-order chi connectivity index (χ0) is 19.6. The lowest BCUT2D eigenvalue weighted by atomic mass is 10.2. The highest BCUT2D eigenvalue weighted by molar-refractivity contribution is 9.10. The summed E-state index contributed by atoms with van der Waals surface area (Å²) in [6.45, 7) is 3.48. The van der Waals surface area contributed by atoms with Crippen molar-refractivity contribution in [3.05, 3.63) is 52.5 Å². The minimum Gasteiger partial charge on any atom is -0.490 e. The molecule has 0 unspecified atom stereocenters. The third kappa shape index (κ3) is 6.74. The number of carbonyl (C=O) groups is 2. The Morgan fingerprint density at radius 1 is 1.15 bits per heavy atom. The van der Waals surface area contributed by atoms with Crippen LogP contribution in [0.2, 0.25) is 0 Å². The second-order valence-electron chi connectivity index (χ2n) is 5.38. The third-order valence-corrected chi connectivity index (χ3v) is 3.89. The molecule has 8 heteroatoms. The van der Waals surface area contributed by atoms with Gasteiger partial charge in [0.05, 0.1) is 12.8 Å². The van der Waals surface area contributed by atoms with Crippen molar-refractivity contribution in [3.8, 4) is 11.5 Å². The minimum absolute atomic E-state index is 0.166.